The standard InChI is InChI=1S/C21H22N4O3/c1-24(2)16-10-8-14(9-11-16)21(26)25-12-15(13-25)20-22-19(23-28-20)17-6-4-5-7-18(17)27-3/h4-11,15H,12-13H2,1-3H3. The smallest absolute Gasteiger partial charge is 0.253 e. The van der Waals surface area contributed by atoms with E-state index < -0.39 is 0 Å². The molecule has 2 aromatic carbocycles. The molecule has 0 aliphatic carbocycles. The molecule has 0 radical (unpaired) electrons. The van der Waals surface area contributed by atoms with Gasteiger partial charge in [-0.05, 0) is 36.4 Å². The summed E-state index contributed by atoms with van der Waals surface area (Å²) in [5.41, 5.74) is 2.53. The minimum Gasteiger partial charge on any atom is -0.496 e. The number of aromatic nitrogens is 2. The van der Waals surface area contributed by atoms with Gasteiger partial charge in [0.05, 0.1) is 18.6 Å². The fraction of sp³-hybridized carbons (Fsp3) is 0.286. The lowest BCUT2D eigenvalue weighted by Gasteiger charge is -2.37. The van der Waals surface area contributed by atoms with E-state index in [2.05, 4.69) is 10.1 Å². The summed E-state index contributed by atoms with van der Waals surface area (Å²) in [4.78, 5) is 20.9. The number of rotatable bonds is 5. The second-order valence-electron chi connectivity index (χ2n) is 7.00. The number of nitrogens with zero attached hydrogens (tertiary/aromatic N) is 4. The molecule has 0 spiro atoms. The number of ether oxygens (including phenoxy) is 1. The Hall–Kier alpha value is -3.35. The molecule has 1 aromatic heterocycles. The van der Waals surface area contributed by atoms with Gasteiger partial charge < -0.3 is 19.1 Å². The number of likely N-dealkylation sites (tertiary alicyclic amines) is 1. The van der Waals surface area contributed by atoms with Gasteiger partial charge in [0.15, 0.2) is 0 Å². The van der Waals surface area contributed by atoms with Gasteiger partial charge in [-0.2, -0.15) is 4.98 Å². The van der Waals surface area contributed by atoms with E-state index in [1.54, 1.807) is 12.0 Å². The largest absolute Gasteiger partial charge is 0.496 e. The molecule has 0 atom stereocenters. The molecule has 1 amide bonds. The van der Waals surface area contributed by atoms with Crippen LogP contribution in [0.25, 0.3) is 11.4 Å². The molecule has 0 bridgehead atoms. The van der Waals surface area contributed by atoms with Gasteiger partial charge in [0.2, 0.25) is 11.7 Å². The van der Waals surface area contributed by atoms with Gasteiger partial charge in [-0.3, -0.25) is 4.79 Å². The van der Waals surface area contributed by atoms with Crippen LogP contribution in [0.3, 0.4) is 0 Å². The summed E-state index contributed by atoms with van der Waals surface area (Å²) in [5, 5.41) is 4.08. The van der Waals surface area contributed by atoms with Crippen molar-refractivity contribution in [3.63, 3.8) is 0 Å². The molecule has 7 nitrogen and oxygen atoms in total. The highest BCUT2D eigenvalue weighted by Crippen LogP contribution is 2.31. The summed E-state index contributed by atoms with van der Waals surface area (Å²) >= 11 is 0. The van der Waals surface area contributed by atoms with Crippen LogP contribution in [0, 0.1) is 0 Å². The number of hydrogen-bond donors (Lipinski definition) is 0. The Morgan fingerprint density at radius 2 is 1.86 bits per heavy atom. The van der Waals surface area contributed by atoms with E-state index in [1.807, 2.05) is 67.5 Å². The zero-order valence-corrected chi connectivity index (χ0v) is 16.1. The SMILES string of the molecule is COc1ccccc1-c1noc(C2CN(C(=O)c3ccc(N(C)C)cc3)C2)n1. The Kier molecular flexibility index (Phi) is 4.73. The van der Waals surface area contributed by atoms with Crippen molar-refractivity contribution in [2.45, 2.75) is 5.92 Å². The van der Waals surface area contributed by atoms with Crippen LogP contribution in [0.4, 0.5) is 5.69 Å². The number of methoxy groups -OCH3 is 1. The van der Waals surface area contributed by atoms with Crippen molar-refractivity contribution in [2.75, 3.05) is 39.2 Å². The van der Waals surface area contributed by atoms with Crippen molar-refractivity contribution in [1.29, 1.82) is 0 Å². The lowest BCUT2D eigenvalue weighted by molar-refractivity contribution is 0.0569. The molecule has 3 aromatic rings. The van der Waals surface area contributed by atoms with Gasteiger partial charge in [0, 0.05) is 38.4 Å². The van der Waals surface area contributed by atoms with Crippen LogP contribution < -0.4 is 9.64 Å². The highest BCUT2D eigenvalue weighted by molar-refractivity contribution is 5.95. The van der Waals surface area contributed by atoms with Crippen LogP contribution in [0.1, 0.15) is 22.2 Å². The van der Waals surface area contributed by atoms with Crippen molar-refractivity contribution in [1.82, 2.24) is 15.0 Å². The van der Waals surface area contributed by atoms with E-state index in [4.69, 9.17) is 9.26 Å². The van der Waals surface area contributed by atoms with E-state index in [-0.39, 0.29) is 11.8 Å². The molecule has 0 saturated carbocycles. The molecule has 1 aliphatic rings. The van der Waals surface area contributed by atoms with Gasteiger partial charge in [0.1, 0.15) is 5.75 Å². The Morgan fingerprint density at radius 3 is 2.54 bits per heavy atom. The highest BCUT2D eigenvalue weighted by Gasteiger charge is 2.36. The molecular weight excluding hydrogens is 356 g/mol. The predicted molar refractivity (Wildman–Crippen MR) is 106 cm³/mol. The summed E-state index contributed by atoms with van der Waals surface area (Å²) in [6.07, 6.45) is 0. The molecule has 144 valence electrons. The van der Waals surface area contributed by atoms with Gasteiger partial charge in [0.25, 0.3) is 5.91 Å². The number of anilines is 1. The van der Waals surface area contributed by atoms with Crippen molar-refractivity contribution >= 4 is 11.6 Å². The molecular formula is C21H22N4O3. The van der Waals surface area contributed by atoms with E-state index >= 15 is 0 Å². The van der Waals surface area contributed by atoms with Gasteiger partial charge in [-0.25, -0.2) is 0 Å². The van der Waals surface area contributed by atoms with E-state index in [0.717, 1.165) is 11.3 Å². The normalized spacial score (nSPS) is 13.9. The lowest BCUT2D eigenvalue weighted by atomic mass is 9.98. The first-order chi connectivity index (χ1) is 13.6. The maximum Gasteiger partial charge on any atom is 0.253 e. The minimum atomic E-state index is 0.0195. The Labute approximate surface area is 163 Å². The van der Waals surface area contributed by atoms with Crippen LogP contribution in [0.5, 0.6) is 5.75 Å². The third-order valence-electron chi connectivity index (χ3n) is 4.94. The Bertz CT molecular complexity index is 975. The molecule has 1 fully saturated rings. The van der Waals surface area contributed by atoms with Crippen molar-refractivity contribution in [3.8, 4) is 17.1 Å². The minimum absolute atomic E-state index is 0.0195. The maximum atomic E-state index is 12.6. The fourth-order valence-electron chi connectivity index (χ4n) is 3.23. The second kappa shape index (κ2) is 7.34. The molecule has 1 aliphatic heterocycles. The van der Waals surface area contributed by atoms with Crippen molar-refractivity contribution in [3.05, 3.63) is 60.0 Å². The zero-order valence-electron chi connectivity index (χ0n) is 16.1. The molecule has 0 N–H and O–H groups in total. The third kappa shape index (κ3) is 3.31. The second-order valence-corrected chi connectivity index (χ2v) is 7.00. The number of carbonyl (C=O) groups excluding carboxylic acids is 1. The zero-order chi connectivity index (χ0) is 19.7. The quantitative estimate of drug-likeness (QED) is 0.680. The molecule has 2 heterocycles. The number of benzene rings is 2. The summed E-state index contributed by atoms with van der Waals surface area (Å²) in [6.45, 7) is 1.14. The first kappa shape index (κ1) is 18.0. The van der Waals surface area contributed by atoms with Gasteiger partial charge in [-0.1, -0.05) is 17.3 Å². The summed E-state index contributed by atoms with van der Waals surface area (Å²) in [5.74, 6) is 1.82. The van der Waals surface area contributed by atoms with E-state index in [0.29, 0.717) is 36.1 Å². The van der Waals surface area contributed by atoms with E-state index in [9.17, 15) is 4.79 Å². The number of hydrogen-bond acceptors (Lipinski definition) is 6. The number of amides is 1. The van der Waals surface area contributed by atoms with Gasteiger partial charge >= 0.3 is 0 Å². The van der Waals surface area contributed by atoms with Crippen LogP contribution in [-0.4, -0.2) is 55.2 Å². The summed E-state index contributed by atoms with van der Waals surface area (Å²) in [6, 6.07) is 15.2. The number of para-hydroxylation sites is 1. The molecule has 28 heavy (non-hydrogen) atoms. The van der Waals surface area contributed by atoms with Crippen LogP contribution in [-0.2, 0) is 0 Å². The van der Waals surface area contributed by atoms with Crippen molar-refractivity contribution < 1.29 is 14.1 Å². The third-order valence-corrected chi connectivity index (χ3v) is 4.94. The predicted octanol–water partition coefficient (Wildman–Crippen LogP) is 3.05. The molecule has 0 unspecified atom stereocenters. The maximum absolute atomic E-state index is 12.6. The van der Waals surface area contributed by atoms with E-state index in [1.165, 1.54) is 0 Å². The topological polar surface area (TPSA) is 71.7 Å². The average Bonchev–Trinajstić information content (AvgIpc) is 3.16. The fourth-order valence-corrected chi connectivity index (χ4v) is 3.23. The average molecular weight is 378 g/mol. The Morgan fingerprint density at radius 1 is 1.14 bits per heavy atom. The molecule has 1 saturated heterocycles. The molecule has 7 heteroatoms. The summed E-state index contributed by atoms with van der Waals surface area (Å²) < 4.78 is 10.8. The van der Waals surface area contributed by atoms with Crippen molar-refractivity contribution in [2.24, 2.45) is 0 Å². The lowest BCUT2D eigenvalue weighted by Crippen LogP contribution is -2.48. The van der Waals surface area contributed by atoms with Crippen LogP contribution >= 0.6 is 0 Å². The van der Waals surface area contributed by atoms with Gasteiger partial charge in [-0.15, -0.1) is 0 Å². The monoisotopic (exact) mass is 378 g/mol. The summed E-state index contributed by atoms with van der Waals surface area (Å²) in [7, 11) is 5.56. The Balaban J connectivity index is 1.41. The first-order valence-electron chi connectivity index (χ1n) is 9.10. The highest BCUT2D eigenvalue weighted by atomic mass is 16.5. The van der Waals surface area contributed by atoms with Crippen LogP contribution in [0.15, 0.2) is 53.1 Å². The first-order valence-corrected chi connectivity index (χ1v) is 9.10. The number of carbonyl (C=O) groups is 1. The molecule has 4 rings (SSSR count). The van der Waals surface area contributed by atoms with Crippen LogP contribution in [0.2, 0.25) is 0 Å².